The van der Waals surface area contributed by atoms with Gasteiger partial charge in [0.05, 0.1) is 0 Å². The van der Waals surface area contributed by atoms with Crippen LogP contribution >= 0.6 is 27.3 Å². The SMILES string of the molecule is O=C(Nc1ccc2c(c1)CN(S(=O)(=O)c1cccs1)CC2)c1ccc(Br)cc1. The van der Waals surface area contributed by atoms with E-state index >= 15 is 0 Å². The van der Waals surface area contributed by atoms with Gasteiger partial charge in [0.2, 0.25) is 0 Å². The third-order valence-corrected chi connectivity index (χ3v) is 8.38. The van der Waals surface area contributed by atoms with Crippen LogP contribution in [-0.4, -0.2) is 25.2 Å². The molecule has 28 heavy (non-hydrogen) atoms. The first kappa shape index (κ1) is 19.3. The highest BCUT2D eigenvalue weighted by Crippen LogP contribution is 2.29. The van der Waals surface area contributed by atoms with Gasteiger partial charge in [0.15, 0.2) is 0 Å². The summed E-state index contributed by atoms with van der Waals surface area (Å²) < 4.78 is 28.4. The second kappa shape index (κ2) is 7.79. The van der Waals surface area contributed by atoms with E-state index in [4.69, 9.17) is 0 Å². The highest BCUT2D eigenvalue weighted by Gasteiger charge is 2.29. The van der Waals surface area contributed by atoms with Crippen molar-refractivity contribution in [3.63, 3.8) is 0 Å². The molecule has 144 valence electrons. The summed E-state index contributed by atoms with van der Waals surface area (Å²) in [5.41, 5.74) is 3.24. The lowest BCUT2D eigenvalue weighted by molar-refractivity contribution is 0.102. The number of carbonyl (C=O) groups is 1. The molecule has 0 saturated carbocycles. The van der Waals surface area contributed by atoms with Crippen molar-refractivity contribution in [1.82, 2.24) is 4.31 Å². The van der Waals surface area contributed by atoms with Crippen LogP contribution in [0, 0.1) is 0 Å². The Balaban J connectivity index is 1.54. The summed E-state index contributed by atoms with van der Waals surface area (Å²) in [6.07, 6.45) is 0.654. The summed E-state index contributed by atoms with van der Waals surface area (Å²) in [5, 5.41) is 4.65. The fourth-order valence-electron chi connectivity index (χ4n) is 3.16. The average molecular weight is 477 g/mol. The highest BCUT2D eigenvalue weighted by atomic mass is 79.9. The Morgan fingerprint density at radius 3 is 2.57 bits per heavy atom. The molecule has 1 aromatic heterocycles. The zero-order valence-electron chi connectivity index (χ0n) is 14.8. The highest BCUT2D eigenvalue weighted by molar-refractivity contribution is 9.10. The minimum absolute atomic E-state index is 0.202. The Kier molecular flexibility index (Phi) is 5.37. The van der Waals surface area contributed by atoms with Gasteiger partial charge in [-0.05, 0) is 65.4 Å². The van der Waals surface area contributed by atoms with E-state index in [0.29, 0.717) is 35.0 Å². The predicted molar refractivity (Wildman–Crippen MR) is 114 cm³/mol. The van der Waals surface area contributed by atoms with E-state index < -0.39 is 10.0 Å². The number of nitrogens with one attached hydrogen (secondary N) is 1. The van der Waals surface area contributed by atoms with Crippen LogP contribution in [0.15, 0.2) is 68.7 Å². The maximum absolute atomic E-state index is 12.8. The molecule has 0 aliphatic carbocycles. The van der Waals surface area contributed by atoms with Gasteiger partial charge < -0.3 is 5.32 Å². The lowest BCUT2D eigenvalue weighted by Gasteiger charge is -2.28. The van der Waals surface area contributed by atoms with Crippen molar-refractivity contribution in [3.05, 3.63) is 81.1 Å². The van der Waals surface area contributed by atoms with Crippen molar-refractivity contribution < 1.29 is 13.2 Å². The Morgan fingerprint density at radius 1 is 1.07 bits per heavy atom. The Bertz CT molecular complexity index is 1110. The molecule has 5 nitrogen and oxygen atoms in total. The van der Waals surface area contributed by atoms with Gasteiger partial charge in [-0.2, -0.15) is 4.31 Å². The summed E-state index contributed by atoms with van der Waals surface area (Å²) in [7, 11) is -3.48. The molecular formula is C20H17BrN2O3S2. The summed E-state index contributed by atoms with van der Waals surface area (Å²) in [6.45, 7) is 0.759. The summed E-state index contributed by atoms with van der Waals surface area (Å²) >= 11 is 4.58. The number of halogens is 1. The third-order valence-electron chi connectivity index (χ3n) is 4.64. The van der Waals surface area contributed by atoms with Crippen LogP contribution in [0.1, 0.15) is 21.5 Å². The lowest BCUT2D eigenvalue weighted by atomic mass is 10.0. The minimum atomic E-state index is -3.48. The number of rotatable bonds is 4. The van der Waals surface area contributed by atoms with Gasteiger partial charge in [0.25, 0.3) is 15.9 Å². The van der Waals surface area contributed by atoms with E-state index in [0.717, 1.165) is 15.6 Å². The molecule has 2 heterocycles. The Labute approximate surface area is 176 Å². The van der Waals surface area contributed by atoms with E-state index in [1.807, 2.05) is 30.3 Å². The van der Waals surface area contributed by atoms with Crippen LogP contribution in [0.5, 0.6) is 0 Å². The maximum atomic E-state index is 12.8. The zero-order valence-corrected chi connectivity index (χ0v) is 18.0. The first-order valence-corrected chi connectivity index (χ1v) is 11.8. The van der Waals surface area contributed by atoms with Gasteiger partial charge in [-0.3, -0.25) is 4.79 Å². The van der Waals surface area contributed by atoms with Gasteiger partial charge >= 0.3 is 0 Å². The van der Waals surface area contributed by atoms with Crippen molar-refractivity contribution in [3.8, 4) is 0 Å². The molecule has 1 aliphatic heterocycles. The molecule has 8 heteroatoms. The predicted octanol–water partition coefficient (Wildman–Crippen LogP) is 4.51. The molecular weight excluding hydrogens is 460 g/mol. The first-order chi connectivity index (χ1) is 13.4. The number of benzene rings is 2. The zero-order chi connectivity index (χ0) is 19.7. The van der Waals surface area contributed by atoms with Crippen molar-refractivity contribution in [2.24, 2.45) is 0 Å². The summed E-state index contributed by atoms with van der Waals surface area (Å²) in [4.78, 5) is 12.4. The second-order valence-corrected chi connectivity index (χ2v) is 10.5. The number of fused-ring (bicyclic) bond motifs is 1. The van der Waals surface area contributed by atoms with Crippen molar-refractivity contribution in [1.29, 1.82) is 0 Å². The number of anilines is 1. The number of nitrogens with zero attached hydrogens (tertiary/aromatic N) is 1. The van der Waals surface area contributed by atoms with Gasteiger partial charge in [-0.1, -0.05) is 28.1 Å². The Morgan fingerprint density at radius 2 is 1.86 bits per heavy atom. The number of sulfonamides is 1. The number of carbonyl (C=O) groups excluding carboxylic acids is 1. The topological polar surface area (TPSA) is 66.5 Å². The van der Waals surface area contributed by atoms with Crippen LogP contribution in [0.25, 0.3) is 0 Å². The molecule has 0 unspecified atom stereocenters. The molecule has 1 N–H and O–H groups in total. The maximum Gasteiger partial charge on any atom is 0.255 e. The van der Waals surface area contributed by atoms with Gasteiger partial charge in [-0.15, -0.1) is 11.3 Å². The number of thiophene rings is 1. The van der Waals surface area contributed by atoms with Crippen molar-refractivity contribution >= 4 is 48.9 Å². The molecule has 1 aliphatic rings. The largest absolute Gasteiger partial charge is 0.322 e. The fourth-order valence-corrected chi connectivity index (χ4v) is 5.98. The van der Waals surface area contributed by atoms with Gasteiger partial charge in [0, 0.05) is 28.8 Å². The lowest BCUT2D eigenvalue weighted by Crippen LogP contribution is -2.35. The van der Waals surface area contributed by atoms with Crippen LogP contribution in [-0.2, 0) is 23.0 Å². The van der Waals surface area contributed by atoms with E-state index in [1.165, 1.54) is 15.6 Å². The number of hydrogen-bond donors (Lipinski definition) is 1. The molecule has 0 spiro atoms. The number of hydrogen-bond acceptors (Lipinski definition) is 4. The van der Waals surface area contributed by atoms with E-state index in [9.17, 15) is 13.2 Å². The second-order valence-electron chi connectivity index (χ2n) is 6.47. The molecule has 0 fully saturated rings. The van der Waals surface area contributed by atoms with Crippen molar-refractivity contribution in [2.45, 2.75) is 17.2 Å². The molecule has 4 rings (SSSR count). The third kappa shape index (κ3) is 3.91. The van der Waals surface area contributed by atoms with E-state index in [1.54, 1.807) is 29.6 Å². The fraction of sp³-hybridized carbons (Fsp3) is 0.150. The smallest absolute Gasteiger partial charge is 0.255 e. The van der Waals surface area contributed by atoms with Crippen molar-refractivity contribution in [2.75, 3.05) is 11.9 Å². The summed E-state index contributed by atoms with van der Waals surface area (Å²) in [5.74, 6) is -0.202. The molecule has 0 radical (unpaired) electrons. The Hall–Kier alpha value is -2.00. The normalized spacial score (nSPS) is 14.5. The monoisotopic (exact) mass is 476 g/mol. The first-order valence-electron chi connectivity index (χ1n) is 8.66. The quantitative estimate of drug-likeness (QED) is 0.602. The molecule has 0 atom stereocenters. The van der Waals surface area contributed by atoms with Crippen LogP contribution in [0.2, 0.25) is 0 Å². The minimum Gasteiger partial charge on any atom is -0.322 e. The molecule has 0 saturated heterocycles. The van der Waals surface area contributed by atoms with Crippen LogP contribution < -0.4 is 5.32 Å². The van der Waals surface area contributed by atoms with Gasteiger partial charge in [0.1, 0.15) is 4.21 Å². The standard InChI is InChI=1S/C20H17BrN2O3S2/c21-17-6-3-15(4-7-17)20(24)22-18-8-5-14-9-10-23(13-16(14)12-18)28(25,26)19-2-1-11-27-19/h1-8,11-12H,9-10,13H2,(H,22,24). The van der Waals surface area contributed by atoms with Crippen LogP contribution in [0.3, 0.4) is 0 Å². The van der Waals surface area contributed by atoms with E-state index in [2.05, 4.69) is 21.2 Å². The van der Waals surface area contributed by atoms with Gasteiger partial charge in [-0.25, -0.2) is 8.42 Å². The average Bonchev–Trinajstić information content (AvgIpc) is 3.23. The number of amides is 1. The molecule has 3 aromatic rings. The van der Waals surface area contributed by atoms with E-state index in [-0.39, 0.29) is 5.91 Å². The van der Waals surface area contributed by atoms with Crippen LogP contribution in [0.4, 0.5) is 5.69 Å². The molecule has 0 bridgehead atoms. The molecule has 2 aromatic carbocycles. The molecule has 1 amide bonds. The summed E-state index contributed by atoms with van der Waals surface area (Å²) in [6, 6.07) is 16.2.